The summed E-state index contributed by atoms with van der Waals surface area (Å²) in [6.45, 7) is 2.19. The summed E-state index contributed by atoms with van der Waals surface area (Å²) in [5.41, 5.74) is 1.10. The summed E-state index contributed by atoms with van der Waals surface area (Å²) in [7, 11) is 1.67. The van der Waals surface area contributed by atoms with Gasteiger partial charge in [-0.1, -0.05) is 34.1 Å². The summed E-state index contributed by atoms with van der Waals surface area (Å²) in [6, 6.07) is 11.9. The zero-order chi connectivity index (χ0) is 15.1. The van der Waals surface area contributed by atoms with Crippen molar-refractivity contribution >= 4 is 15.9 Å². The maximum atomic E-state index is 13.5. The van der Waals surface area contributed by atoms with Crippen molar-refractivity contribution < 1.29 is 13.9 Å². The molecule has 5 heteroatoms. The summed E-state index contributed by atoms with van der Waals surface area (Å²) in [5, 5.41) is 3.27. The highest BCUT2D eigenvalue weighted by molar-refractivity contribution is 9.10. The Morgan fingerprint density at radius 3 is 2.71 bits per heavy atom. The molecule has 112 valence electrons. The molecule has 0 bridgehead atoms. The number of hydrogen-bond acceptors (Lipinski definition) is 3. The van der Waals surface area contributed by atoms with E-state index in [1.54, 1.807) is 25.3 Å². The topological polar surface area (TPSA) is 30.5 Å². The number of benzene rings is 2. The molecule has 0 atom stereocenters. The Balaban J connectivity index is 2.00. The Morgan fingerprint density at radius 2 is 2.00 bits per heavy atom. The van der Waals surface area contributed by atoms with Crippen LogP contribution < -0.4 is 10.1 Å². The maximum Gasteiger partial charge on any atom is 0.165 e. The van der Waals surface area contributed by atoms with Crippen LogP contribution in [-0.2, 0) is 11.3 Å². The van der Waals surface area contributed by atoms with Gasteiger partial charge in [0.1, 0.15) is 5.75 Å². The van der Waals surface area contributed by atoms with Gasteiger partial charge in [-0.2, -0.15) is 0 Å². The average molecular weight is 354 g/mol. The highest BCUT2D eigenvalue weighted by Crippen LogP contribution is 2.28. The minimum absolute atomic E-state index is 0.218. The molecule has 0 saturated carbocycles. The van der Waals surface area contributed by atoms with Crippen LogP contribution in [0, 0.1) is 5.82 Å². The first-order valence-corrected chi connectivity index (χ1v) is 7.40. The first-order chi connectivity index (χ1) is 10.2. The van der Waals surface area contributed by atoms with Crippen molar-refractivity contribution in [3.05, 3.63) is 58.3 Å². The van der Waals surface area contributed by atoms with Gasteiger partial charge >= 0.3 is 0 Å². The van der Waals surface area contributed by atoms with Gasteiger partial charge in [-0.25, -0.2) is 4.39 Å². The molecule has 0 radical (unpaired) electrons. The molecular weight excluding hydrogens is 337 g/mol. The number of ether oxygens (including phenoxy) is 2. The lowest BCUT2D eigenvalue weighted by molar-refractivity contribution is 0.199. The molecule has 2 aromatic carbocycles. The van der Waals surface area contributed by atoms with Gasteiger partial charge in [-0.15, -0.1) is 0 Å². The maximum absolute atomic E-state index is 13.5. The fourth-order valence-electron chi connectivity index (χ4n) is 1.79. The highest BCUT2D eigenvalue weighted by atomic mass is 79.9. The van der Waals surface area contributed by atoms with Crippen molar-refractivity contribution in [2.75, 3.05) is 20.3 Å². The van der Waals surface area contributed by atoms with Crippen molar-refractivity contribution in [3.63, 3.8) is 0 Å². The van der Waals surface area contributed by atoms with Crippen molar-refractivity contribution in [3.8, 4) is 11.5 Å². The second kappa shape index (κ2) is 8.12. The SMILES string of the molecule is COCCNCc1ccc(Oc2ccccc2F)cc1Br. The fourth-order valence-corrected chi connectivity index (χ4v) is 2.28. The number of hydrogen-bond donors (Lipinski definition) is 1. The molecule has 3 nitrogen and oxygen atoms in total. The summed E-state index contributed by atoms with van der Waals surface area (Å²) in [6.07, 6.45) is 0. The molecule has 0 aliphatic heterocycles. The second-order valence-electron chi connectivity index (χ2n) is 4.46. The molecule has 1 N–H and O–H groups in total. The number of para-hydroxylation sites is 1. The molecule has 0 unspecified atom stereocenters. The lowest BCUT2D eigenvalue weighted by Gasteiger charge is -2.10. The average Bonchev–Trinajstić information content (AvgIpc) is 2.48. The first kappa shape index (κ1) is 15.9. The third-order valence-electron chi connectivity index (χ3n) is 2.89. The van der Waals surface area contributed by atoms with E-state index in [1.807, 2.05) is 18.2 Å². The van der Waals surface area contributed by atoms with Gasteiger partial charge < -0.3 is 14.8 Å². The monoisotopic (exact) mass is 353 g/mol. The third kappa shape index (κ3) is 4.81. The number of methoxy groups -OCH3 is 1. The van der Waals surface area contributed by atoms with E-state index >= 15 is 0 Å². The zero-order valence-electron chi connectivity index (χ0n) is 11.7. The molecule has 21 heavy (non-hydrogen) atoms. The molecule has 0 saturated heterocycles. The number of halogens is 2. The van der Waals surface area contributed by atoms with Gasteiger partial charge in [0, 0.05) is 24.7 Å². The van der Waals surface area contributed by atoms with Gasteiger partial charge in [-0.05, 0) is 29.8 Å². The Bertz CT molecular complexity index is 592. The largest absolute Gasteiger partial charge is 0.454 e. The number of rotatable bonds is 7. The molecule has 0 aliphatic carbocycles. The van der Waals surface area contributed by atoms with Crippen molar-refractivity contribution in [2.24, 2.45) is 0 Å². The quantitative estimate of drug-likeness (QED) is 0.759. The van der Waals surface area contributed by atoms with Crippen LogP contribution in [0.2, 0.25) is 0 Å². The summed E-state index contributed by atoms with van der Waals surface area (Å²) < 4.78 is 25.0. The van der Waals surface area contributed by atoms with Crippen LogP contribution in [-0.4, -0.2) is 20.3 Å². The Morgan fingerprint density at radius 1 is 1.19 bits per heavy atom. The zero-order valence-corrected chi connectivity index (χ0v) is 13.3. The van der Waals surface area contributed by atoms with E-state index in [9.17, 15) is 4.39 Å². The smallest absolute Gasteiger partial charge is 0.165 e. The lowest BCUT2D eigenvalue weighted by atomic mass is 10.2. The van der Waals surface area contributed by atoms with Crippen LogP contribution in [0.3, 0.4) is 0 Å². The predicted octanol–water partition coefficient (Wildman–Crippen LogP) is 4.12. The van der Waals surface area contributed by atoms with Crippen molar-refractivity contribution in [1.29, 1.82) is 0 Å². The molecule has 0 aliphatic rings. The summed E-state index contributed by atoms with van der Waals surface area (Å²) in [4.78, 5) is 0. The van der Waals surface area contributed by atoms with Gasteiger partial charge in [0.25, 0.3) is 0 Å². The standard InChI is InChI=1S/C16H17BrFNO2/c1-20-9-8-19-11-12-6-7-13(10-14(12)17)21-16-5-3-2-4-15(16)18/h2-7,10,19H,8-9,11H2,1H3. The normalized spacial score (nSPS) is 10.6. The summed E-state index contributed by atoms with van der Waals surface area (Å²) >= 11 is 3.50. The first-order valence-electron chi connectivity index (χ1n) is 6.61. The Hall–Kier alpha value is -1.43. The van der Waals surface area contributed by atoms with E-state index in [-0.39, 0.29) is 11.6 Å². The van der Waals surface area contributed by atoms with Crippen LogP contribution in [0.25, 0.3) is 0 Å². The number of nitrogens with one attached hydrogen (secondary N) is 1. The Kier molecular flexibility index (Phi) is 6.17. The van der Waals surface area contributed by atoms with Gasteiger partial charge in [-0.3, -0.25) is 0 Å². The van der Waals surface area contributed by atoms with Gasteiger partial charge in [0.15, 0.2) is 11.6 Å². The molecule has 0 aromatic heterocycles. The van der Waals surface area contributed by atoms with Crippen molar-refractivity contribution in [2.45, 2.75) is 6.54 Å². The van der Waals surface area contributed by atoms with Crippen LogP contribution in [0.5, 0.6) is 11.5 Å². The van der Waals surface area contributed by atoms with E-state index in [0.717, 1.165) is 23.1 Å². The third-order valence-corrected chi connectivity index (χ3v) is 3.63. The molecular formula is C16H17BrFNO2. The fraction of sp³-hybridized carbons (Fsp3) is 0.250. The van der Waals surface area contributed by atoms with Gasteiger partial charge in [0.05, 0.1) is 6.61 Å². The minimum Gasteiger partial charge on any atom is -0.454 e. The molecule has 0 spiro atoms. The lowest BCUT2D eigenvalue weighted by Crippen LogP contribution is -2.18. The minimum atomic E-state index is -0.376. The summed E-state index contributed by atoms with van der Waals surface area (Å²) in [5.74, 6) is 0.432. The molecule has 0 heterocycles. The molecule has 2 aromatic rings. The van der Waals surface area contributed by atoms with Gasteiger partial charge in [0.2, 0.25) is 0 Å². The van der Waals surface area contributed by atoms with Crippen molar-refractivity contribution in [1.82, 2.24) is 5.32 Å². The molecule has 2 rings (SSSR count). The highest BCUT2D eigenvalue weighted by Gasteiger charge is 2.06. The molecule has 0 fully saturated rings. The Labute approximate surface area is 132 Å². The van der Waals surface area contributed by atoms with Crippen LogP contribution in [0.15, 0.2) is 46.9 Å². The van der Waals surface area contributed by atoms with E-state index in [1.165, 1.54) is 6.07 Å². The molecule has 0 amide bonds. The van der Waals surface area contributed by atoms with Crippen LogP contribution >= 0.6 is 15.9 Å². The van der Waals surface area contributed by atoms with Crippen LogP contribution in [0.4, 0.5) is 4.39 Å². The predicted molar refractivity (Wildman–Crippen MR) is 84.2 cm³/mol. The van der Waals surface area contributed by atoms with E-state index in [2.05, 4.69) is 21.2 Å². The van der Waals surface area contributed by atoms with E-state index in [4.69, 9.17) is 9.47 Å². The second-order valence-corrected chi connectivity index (χ2v) is 5.31. The van der Waals surface area contributed by atoms with Crippen LogP contribution in [0.1, 0.15) is 5.56 Å². The van der Waals surface area contributed by atoms with E-state index in [0.29, 0.717) is 12.4 Å². The van der Waals surface area contributed by atoms with E-state index < -0.39 is 0 Å².